The van der Waals surface area contributed by atoms with Crippen molar-refractivity contribution >= 4 is 34.3 Å². The van der Waals surface area contributed by atoms with E-state index in [1.807, 2.05) is 31.2 Å². The lowest BCUT2D eigenvalue weighted by Gasteiger charge is -2.09. The van der Waals surface area contributed by atoms with Crippen LogP contribution in [0, 0.1) is 6.92 Å². The molecular weight excluding hydrogens is 295 g/mol. The van der Waals surface area contributed by atoms with Crippen LogP contribution in [0.4, 0.5) is 0 Å². The maximum Gasteiger partial charge on any atom is 0.152 e. The van der Waals surface area contributed by atoms with E-state index in [1.165, 1.54) is 0 Å². The molecule has 3 rings (SSSR count). The predicted molar refractivity (Wildman–Crippen MR) is 81.2 cm³/mol. The topological polar surface area (TPSA) is 52.0 Å². The van der Waals surface area contributed by atoms with Crippen LogP contribution >= 0.6 is 23.2 Å². The second-order valence-corrected chi connectivity index (χ2v) is 5.45. The second-order valence-electron chi connectivity index (χ2n) is 4.64. The normalized spacial score (nSPS) is 12.8. The summed E-state index contributed by atoms with van der Waals surface area (Å²) in [7, 11) is 0. The summed E-state index contributed by atoms with van der Waals surface area (Å²) in [5.74, 6) is 0.650. The molecular formula is C15H12Cl2N2O. The van der Waals surface area contributed by atoms with E-state index in [0.717, 1.165) is 22.4 Å². The highest BCUT2D eigenvalue weighted by Crippen LogP contribution is 2.30. The lowest BCUT2D eigenvalue weighted by Crippen LogP contribution is -2.10. The molecule has 0 fully saturated rings. The van der Waals surface area contributed by atoms with Crippen LogP contribution in [0.3, 0.4) is 0 Å². The average Bonchev–Trinajstić information content (AvgIpc) is 2.84. The van der Waals surface area contributed by atoms with Crippen LogP contribution in [-0.2, 0) is 0 Å². The van der Waals surface area contributed by atoms with Crippen LogP contribution in [0.2, 0.25) is 10.0 Å². The van der Waals surface area contributed by atoms with Gasteiger partial charge in [0.25, 0.3) is 0 Å². The van der Waals surface area contributed by atoms with E-state index >= 15 is 0 Å². The van der Waals surface area contributed by atoms with E-state index in [4.69, 9.17) is 33.4 Å². The van der Waals surface area contributed by atoms with Crippen LogP contribution in [0.25, 0.3) is 11.1 Å². The van der Waals surface area contributed by atoms with E-state index in [2.05, 4.69) is 4.98 Å². The van der Waals surface area contributed by atoms with Gasteiger partial charge in [-0.2, -0.15) is 0 Å². The van der Waals surface area contributed by atoms with E-state index in [9.17, 15) is 0 Å². The van der Waals surface area contributed by atoms with Gasteiger partial charge in [-0.3, -0.25) is 0 Å². The van der Waals surface area contributed by atoms with Crippen molar-refractivity contribution in [3.05, 3.63) is 63.5 Å². The summed E-state index contributed by atoms with van der Waals surface area (Å²) in [6, 6.07) is 10.6. The zero-order valence-corrected chi connectivity index (χ0v) is 12.2. The number of pyridine rings is 1. The van der Waals surface area contributed by atoms with Gasteiger partial charge in [0.2, 0.25) is 0 Å². The molecule has 0 amide bonds. The van der Waals surface area contributed by atoms with Gasteiger partial charge in [0.05, 0.1) is 16.1 Å². The third-order valence-corrected chi connectivity index (χ3v) is 3.88. The van der Waals surface area contributed by atoms with Gasteiger partial charge in [0, 0.05) is 11.8 Å². The van der Waals surface area contributed by atoms with Gasteiger partial charge >= 0.3 is 0 Å². The molecule has 2 heterocycles. The molecule has 0 spiro atoms. The third kappa shape index (κ3) is 2.40. The molecule has 1 unspecified atom stereocenters. The first-order valence-corrected chi connectivity index (χ1v) is 6.88. The largest absolute Gasteiger partial charge is 0.457 e. The summed E-state index contributed by atoms with van der Waals surface area (Å²) in [5, 5.41) is 0.981. The van der Waals surface area contributed by atoms with Crippen molar-refractivity contribution in [3.8, 4) is 0 Å². The minimum Gasteiger partial charge on any atom is -0.457 e. The Balaban J connectivity index is 2.02. The molecule has 0 aliphatic rings. The van der Waals surface area contributed by atoms with Crippen LogP contribution in [0.5, 0.6) is 0 Å². The lowest BCUT2D eigenvalue weighted by molar-refractivity contribution is 0.525. The molecule has 1 aromatic carbocycles. The van der Waals surface area contributed by atoms with Crippen LogP contribution in [0.15, 0.2) is 40.8 Å². The molecule has 2 N–H and O–H groups in total. The SMILES string of the molecule is Cc1ccc2oc(C(N)c3ccc(Cl)c(Cl)c3)cc2n1. The fourth-order valence-electron chi connectivity index (χ4n) is 2.07. The molecule has 1 atom stereocenters. The molecule has 2 aromatic heterocycles. The molecule has 102 valence electrons. The van der Waals surface area contributed by atoms with E-state index in [0.29, 0.717) is 15.8 Å². The number of hydrogen-bond acceptors (Lipinski definition) is 3. The predicted octanol–water partition coefficient (Wildman–Crippen LogP) is 4.49. The van der Waals surface area contributed by atoms with Crippen molar-refractivity contribution in [2.75, 3.05) is 0 Å². The summed E-state index contributed by atoms with van der Waals surface area (Å²) >= 11 is 11.9. The Morgan fingerprint density at radius 2 is 1.90 bits per heavy atom. The monoisotopic (exact) mass is 306 g/mol. The smallest absolute Gasteiger partial charge is 0.152 e. The Hall–Kier alpha value is -1.55. The number of rotatable bonds is 2. The Kier molecular flexibility index (Phi) is 3.42. The molecule has 0 aliphatic carbocycles. The van der Waals surface area contributed by atoms with Crippen molar-refractivity contribution < 1.29 is 4.42 Å². The van der Waals surface area contributed by atoms with E-state index < -0.39 is 6.04 Å². The maximum atomic E-state index is 6.21. The van der Waals surface area contributed by atoms with Crippen molar-refractivity contribution in [1.82, 2.24) is 4.98 Å². The van der Waals surface area contributed by atoms with Gasteiger partial charge in [0.15, 0.2) is 5.58 Å². The number of hydrogen-bond donors (Lipinski definition) is 1. The highest BCUT2D eigenvalue weighted by atomic mass is 35.5. The third-order valence-electron chi connectivity index (χ3n) is 3.14. The number of fused-ring (bicyclic) bond motifs is 1. The maximum absolute atomic E-state index is 6.21. The Morgan fingerprint density at radius 1 is 1.10 bits per heavy atom. The Labute approximate surface area is 126 Å². The van der Waals surface area contributed by atoms with Crippen LogP contribution in [0.1, 0.15) is 23.1 Å². The lowest BCUT2D eigenvalue weighted by atomic mass is 10.1. The van der Waals surface area contributed by atoms with E-state index in [-0.39, 0.29) is 0 Å². The number of halogens is 2. The van der Waals surface area contributed by atoms with E-state index in [1.54, 1.807) is 12.1 Å². The summed E-state index contributed by atoms with van der Waals surface area (Å²) in [5.41, 5.74) is 9.52. The number of nitrogens with two attached hydrogens (primary N) is 1. The zero-order chi connectivity index (χ0) is 14.3. The molecule has 5 heteroatoms. The quantitative estimate of drug-likeness (QED) is 0.759. The molecule has 0 aliphatic heterocycles. The molecule has 0 radical (unpaired) electrons. The highest BCUT2D eigenvalue weighted by Gasteiger charge is 2.16. The van der Waals surface area contributed by atoms with Gasteiger partial charge < -0.3 is 10.2 Å². The highest BCUT2D eigenvalue weighted by molar-refractivity contribution is 6.42. The molecule has 0 bridgehead atoms. The number of aromatic nitrogens is 1. The number of furan rings is 1. The van der Waals surface area contributed by atoms with Crippen LogP contribution < -0.4 is 5.73 Å². The summed E-state index contributed by atoms with van der Waals surface area (Å²) in [6.07, 6.45) is 0. The first-order valence-electron chi connectivity index (χ1n) is 6.12. The van der Waals surface area contributed by atoms with Crippen molar-refractivity contribution in [2.45, 2.75) is 13.0 Å². The first-order chi connectivity index (χ1) is 9.54. The van der Waals surface area contributed by atoms with Gasteiger partial charge in [-0.15, -0.1) is 0 Å². The fraction of sp³-hybridized carbons (Fsp3) is 0.133. The van der Waals surface area contributed by atoms with Crippen molar-refractivity contribution in [2.24, 2.45) is 5.73 Å². The molecule has 3 nitrogen and oxygen atoms in total. The molecule has 0 saturated heterocycles. The minimum absolute atomic E-state index is 0.403. The van der Waals surface area contributed by atoms with Gasteiger partial charge in [0.1, 0.15) is 11.3 Å². The average molecular weight is 307 g/mol. The number of nitrogens with zero attached hydrogens (tertiary/aromatic N) is 1. The zero-order valence-electron chi connectivity index (χ0n) is 10.7. The van der Waals surface area contributed by atoms with Crippen LogP contribution in [-0.4, -0.2) is 4.98 Å². The molecule has 0 saturated carbocycles. The number of aryl methyl sites for hydroxylation is 1. The fourth-order valence-corrected chi connectivity index (χ4v) is 2.37. The first kappa shape index (κ1) is 13.4. The van der Waals surface area contributed by atoms with Gasteiger partial charge in [-0.1, -0.05) is 29.3 Å². The van der Waals surface area contributed by atoms with Crippen molar-refractivity contribution in [3.63, 3.8) is 0 Å². The molecule has 20 heavy (non-hydrogen) atoms. The van der Waals surface area contributed by atoms with Gasteiger partial charge in [-0.05, 0) is 36.8 Å². The second kappa shape index (κ2) is 5.09. The molecule has 3 aromatic rings. The number of benzene rings is 1. The standard InChI is InChI=1S/C15H12Cl2N2O/c1-8-2-5-13-12(19-8)7-14(20-13)15(18)9-3-4-10(16)11(17)6-9/h2-7,15H,18H2,1H3. The Morgan fingerprint density at radius 3 is 2.65 bits per heavy atom. The summed E-state index contributed by atoms with van der Waals surface area (Å²) < 4.78 is 5.75. The van der Waals surface area contributed by atoms with Gasteiger partial charge in [-0.25, -0.2) is 4.98 Å². The summed E-state index contributed by atoms with van der Waals surface area (Å²) in [4.78, 5) is 4.41. The minimum atomic E-state index is -0.403. The summed E-state index contributed by atoms with van der Waals surface area (Å²) in [6.45, 7) is 1.94. The Bertz CT molecular complexity index is 783. The van der Waals surface area contributed by atoms with Crippen molar-refractivity contribution in [1.29, 1.82) is 0 Å².